The van der Waals surface area contributed by atoms with Crippen molar-refractivity contribution < 1.29 is 9.59 Å². The van der Waals surface area contributed by atoms with Crippen molar-refractivity contribution in [3.8, 4) is 11.1 Å². The summed E-state index contributed by atoms with van der Waals surface area (Å²) in [6.07, 6.45) is 0.691. The van der Waals surface area contributed by atoms with E-state index in [0.29, 0.717) is 6.42 Å². The maximum absolute atomic E-state index is 12.3. The van der Waals surface area contributed by atoms with E-state index in [2.05, 4.69) is 76.6 Å². The Balaban J connectivity index is 1.99. The van der Waals surface area contributed by atoms with Gasteiger partial charge in [-0.1, -0.05) is 46.3 Å². The summed E-state index contributed by atoms with van der Waals surface area (Å²) >= 11 is 3.23. The molecule has 1 aliphatic heterocycles. The molecule has 5 nitrogen and oxygen atoms in total. The average molecular weight is 458 g/mol. The lowest BCUT2D eigenvalue weighted by molar-refractivity contribution is -0.119. The van der Waals surface area contributed by atoms with Gasteiger partial charge < -0.3 is 15.1 Å². The van der Waals surface area contributed by atoms with Crippen LogP contribution in [0.1, 0.15) is 37.4 Å². The van der Waals surface area contributed by atoms with Crippen LogP contribution in [0.4, 0.5) is 5.69 Å². The molecular formula is C23H28BrN3O2. The predicted molar refractivity (Wildman–Crippen MR) is 121 cm³/mol. The molecule has 0 bridgehead atoms. The van der Waals surface area contributed by atoms with E-state index in [4.69, 9.17) is 0 Å². The molecule has 1 aliphatic rings. The van der Waals surface area contributed by atoms with Crippen LogP contribution in [0.3, 0.4) is 0 Å². The van der Waals surface area contributed by atoms with Crippen LogP contribution < -0.4 is 10.2 Å². The zero-order valence-corrected chi connectivity index (χ0v) is 19.0. The first-order valence-electron chi connectivity index (χ1n) is 9.83. The molecule has 6 heteroatoms. The molecule has 0 radical (unpaired) electrons. The molecule has 2 atom stereocenters. The van der Waals surface area contributed by atoms with Gasteiger partial charge in [0.2, 0.25) is 11.8 Å². The lowest BCUT2D eigenvalue weighted by Crippen LogP contribution is -2.45. The van der Waals surface area contributed by atoms with E-state index in [1.165, 1.54) is 5.56 Å². The van der Waals surface area contributed by atoms with E-state index >= 15 is 0 Å². The van der Waals surface area contributed by atoms with Gasteiger partial charge >= 0.3 is 0 Å². The van der Waals surface area contributed by atoms with Gasteiger partial charge in [-0.25, -0.2) is 0 Å². The van der Waals surface area contributed by atoms with Crippen molar-refractivity contribution in [1.82, 2.24) is 10.2 Å². The fourth-order valence-electron chi connectivity index (χ4n) is 4.06. The van der Waals surface area contributed by atoms with Crippen LogP contribution in [0.5, 0.6) is 0 Å². The van der Waals surface area contributed by atoms with Crippen molar-refractivity contribution in [3.05, 3.63) is 53.6 Å². The van der Waals surface area contributed by atoms with E-state index in [1.54, 1.807) is 6.92 Å². The molecule has 2 aromatic rings. The summed E-state index contributed by atoms with van der Waals surface area (Å²) in [5.74, 6) is -0.0346. The highest BCUT2D eigenvalue weighted by Crippen LogP contribution is 2.39. The zero-order valence-electron chi connectivity index (χ0n) is 17.4. The number of hydrogen-bond donors (Lipinski definition) is 1. The maximum Gasteiger partial charge on any atom is 0.231 e. The highest BCUT2D eigenvalue weighted by atomic mass is 79.9. The number of nitrogens with one attached hydrogen (secondary N) is 1. The Morgan fingerprint density at radius 2 is 1.79 bits per heavy atom. The van der Waals surface area contributed by atoms with E-state index in [1.807, 2.05) is 17.9 Å². The first-order chi connectivity index (χ1) is 13.8. The van der Waals surface area contributed by atoms with Crippen LogP contribution in [0.2, 0.25) is 0 Å². The summed E-state index contributed by atoms with van der Waals surface area (Å²) in [6.45, 7) is 4.51. The summed E-state index contributed by atoms with van der Waals surface area (Å²) in [4.78, 5) is 28.3. The maximum atomic E-state index is 12.3. The van der Waals surface area contributed by atoms with Gasteiger partial charge in [0, 0.05) is 25.2 Å². The number of fused-ring (bicyclic) bond motifs is 1. The smallest absolute Gasteiger partial charge is 0.231 e. The second kappa shape index (κ2) is 9.09. The SMILES string of the molecule is CC(=O)N1c2ccc(-c3ccc(CN(C)C)cc3)cc2[C@H](NC(=O)CBr)C[C@@H]1C. The molecule has 2 amide bonds. The molecule has 154 valence electrons. The fourth-order valence-corrected chi connectivity index (χ4v) is 4.22. The Bertz CT molecular complexity index is 895. The van der Waals surface area contributed by atoms with Crippen molar-refractivity contribution in [2.45, 2.75) is 38.9 Å². The number of benzene rings is 2. The quantitative estimate of drug-likeness (QED) is 0.687. The molecule has 1 N–H and O–H groups in total. The number of amides is 2. The minimum Gasteiger partial charge on any atom is -0.348 e. The van der Waals surface area contributed by atoms with E-state index in [-0.39, 0.29) is 29.2 Å². The van der Waals surface area contributed by atoms with Gasteiger partial charge in [-0.2, -0.15) is 0 Å². The number of alkyl halides is 1. The van der Waals surface area contributed by atoms with Crippen LogP contribution in [0.15, 0.2) is 42.5 Å². The van der Waals surface area contributed by atoms with Gasteiger partial charge in [0.15, 0.2) is 0 Å². The molecule has 0 saturated carbocycles. The van der Waals surface area contributed by atoms with E-state index in [0.717, 1.165) is 28.9 Å². The highest BCUT2D eigenvalue weighted by molar-refractivity contribution is 9.09. The summed E-state index contributed by atoms with van der Waals surface area (Å²) in [6, 6.07) is 14.6. The highest BCUT2D eigenvalue weighted by Gasteiger charge is 2.33. The van der Waals surface area contributed by atoms with Crippen molar-refractivity contribution >= 4 is 33.4 Å². The summed E-state index contributed by atoms with van der Waals surface area (Å²) in [5.41, 5.74) is 5.33. The standard InChI is InChI=1S/C23H28BrN3O2/c1-15-11-21(25-23(29)13-24)20-12-19(9-10-22(20)27(15)16(2)28)18-7-5-17(6-8-18)14-26(3)4/h5-10,12,15,21H,11,13-14H2,1-4H3,(H,25,29)/t15-,21+/m0/s1. The molecule has 0 spiro atoms. The number of carbonyl (C=O) groups excluding carboxylic acids is 2. The number of carbonyl (C=O) groups is 2. The monoisotopic (exact) mass is 457 g/mol. The Kier molecular flexibility index (Phi) is 6.75. The van der Waals surface area contributed by atoms with Gasteiger partial charge in [-0.3, -0.25) is 9.59 Å². The van der Waals surface area contributed by atoms with E-state index < -0.39 is 0 Å². The van der Waals surface area contributed by atoms with Crippen LogP contribution >= 0.6 is 15.9 Å². The lowest BCUT2D eigenvalue weighted by Gasteiger charge is -2.39. The largest absolute Gasteiger partial charge is 0.348 e. The predicted octanol–water partition coefficient (Wildman–Crippen LogP) is 4.11. The Labute approximate surface area is 181 Å². The minimum absolute atomic E-state index is 0.0183. The molecule has 0 aromatic heterocycles. The molecule has 3 rings (SSSR count). The van der Waals surface area contributed by atoms with E-state index in [9.17, 15) is 9.59 Å². The molecule has 1 heterocycles. The van der Waals surface area contributed by atoms with Gasteiger partial charge in [-0.05, 0) is 61.8 Å². The minimum atomic E-state index is -0.117. The fraction of sp³-hybridized carbons (Fsp3) is 0.391. The summed E-state index contributed by atoms with van der Waals surface area (Å²) in [7, 11) is 4.11. The number of anilines is 1. The molecule has 0 fully saturated rings. The number of nitrogens with zero attached hydrogens (tertiary/aromatic N) is 2. The molecule has 0 saturated heterocycles. The zero-order chi connectivity index (χ0) is 21.1. The summed E-state index contributed by atoms with van der Waals surface area (Å²) in [5, 5.41) is 3.36. The summed E-state index contributed by atoms with van der Waals surface area (Å²) < 4.78 is 0. The van der Waals surface area contributed by atoms with Crippen LogP contribution in [-0.2, 0) is 16.1 Å². The molecule has 0 aliphatic carbocycles. The third-order valence-electron chi connectivity index (χ3n) is 5.26. The second-order valence-electron chi connectivity index (χ2n) is 7.94. The molecule has 2 aromatic carbocycles. The average Bonchev–Trinajstić information content (AvgIpc) is 2.67. The Morgan fingerprint density at radius 3 is 2.38 bits per heavy atom. The van der Waals surface area contributed by atoms with Crippen molar-refractivity contribution in [2.24, 2.45) is 0 Å². The van der Waals surface area contributed by atoms with Gasteiger partial charge in [0.05, 0.1) is 11.4 Å². The molecule has 29 heavy (non-hydrogen) atoms. The van der Waals surface area contributed by atoms with Crippen molar-refractivity contribution in [3.63, 3.8) is 0 Å². The van der Waals surface area contributed by atoms with Crippen molar-refractivity contribution in [1.29, 1.82) is 0 Å². The first kappa shape index (κ1) is 21.5. The van der Waals surface area contributed by atoms with Gasteiger partial charge in [-0.15, -0.1) is 0 Å². The lowest BCUT2D eigenvalue weighted by atomic mass is 9.89. The number of halogens is 1. The number of hydrogen-bond acceptors (Lipinski definition) is 3. The third kappa shape index (κ3) is 4.87. The van der Waals surface area contributed by atoms with Crippen LogP contribution in [-0.4, -0.2) is 42.2 Å². The molecular weight excluding hydrogens is 430 g/mol. The Morgan fingerprint density at radius 1 is 1.14 bits per heavy atom. The van der Waals surface area contributed by atoms with Gasteiger partial charge in [0.1, 0.15) is 0 Å². The van der Waals surface area contributed by atoms with Crippen LogP contribution in [0, 0.1) is 0 Å². The first-order valence-corrected chi connectivity index (χ1v) is 11.0. The number of rotatable bonds is 5. The van der Waals surface area contributed by atoms with Crippen LogP contribution in [0.25, 0.3) is 11.1 Å². The topological polar surface area (TPSA) is 52.7 Å². The second-order valence-corrected chi connectivity index (χ2v) is 8.50. The molecule has 0 unspecified atom stereocenters. The van der Waals surface area contributed by atoms with Gasteiger partial charge in [0.25, 0.3) is 0 Å². The third-order valence-corrected chi connectivity index (χ3v) is 5.77. The Hall–Kier alpha value is -2.18. The normalized spacial score (nSPS) is 18.5. The van der Waals surface area contributed by atoms with Crippen molar-refractivity contribution in [2.75, 3.05) is 24.3 Å².